The Morgan fingerprint density at radius 1 is 1.46 bits per heavy atom. The molecule has 0 N–H and O–H groups in total. The Bertz CT molecular complexity index is 212. The Morgan fingerprint density at radius 3 is 2.85 bits per heavy atom. The lowest BCUT2D eigenvalue weighted by atomic mass is 9.84. The van der Waals surface area contributed by atoms with E-state index in [1.807, 2.05) is 6.92 Å². The van der Waals surface area contributed by atoms with Crippen molar-refractivity contribution in [2.24, 2.45) is 17.8 Å². The zero-order chi connectivity index (χ0) is 9.42. The Morgan fingerprint density at radius 2 is 2.23 bits per heavy atom. The van der Waals surface area contributed by atoms with Crippen LogP contribution in [0.15, 0.2) is 0 Å². The molecule has 0 aromatic heterocycles. The lowest BCUT2D eigenvalue weighted by molar-refractivity contribution is -0.128. The summed E-state index contributed by atoms with van der Waals surface area (Å²) in [6, 6.07) is 0. The van der Waals surface area contributed by atoms with E-state index < -0.39 is 0 Å². The molecule has 2 unspecified atom stereocenters. The van der Waals surface area contributed by atoms with Crippen LogP contribution in [0.5, 0.6) is 0 Å². The fourth-order valence-electron chi connectivity index (χ4n) is 2.73. The molecule has 2 rings (SSSR count). The van der Waals surface area contributed by atoms with Gasteiger partial charge >= 0.3 is 0 Å². The first-order valence-electron chi connectivity index (χ1n) is 5.36. The summed E-state index contributed by atoms with van der Waals surface area (Å²) in [6.07, 6.45) is 3.86. The third-order valence-electron chi connectivity index (χ3n) is 3.53. The first-order chi connectivity index (χ1) is 6.24. The summed E-state index contributed by atoms with van der Waals surface area (Å²) in [6.45, 7) is 4.47. The summed E-state index contributed by atoms with van der Waals surface area (Å²) in [5.41, 5.74) is 0. The second-order valence-electron chi connectivity index (χ2n) is 4.37. The molecule has 0 heterocycles. The Hall–Kier alpha value is -0.370. The van der Waals surface area contributed by atoms with Crippen LogP contribution in [-0.4, -0.2) is 18.5 Å². The maximum absolute atomic E-state index is 11.4. The molecule has 0 radical (unpaired) electrons. The van der Waals surface area contributed by atoms with Gasteiger partial charge < -0.3 is 4.74 Å². The van der Waals surface area contributed by atoms with E-state index in [2.05, 4.69) is 0 Å². The van der Waals surface area contributed by atoms with Gasteiger partial charge in [-0.25, -0.2) is 0 Å². The maximum Gasteiger partial charge on any atom is 0.135 e. The van der Waals surface area contributed by atoms with Crippen LogP contribution in [0.3, 0.4) is 0 Å². The molecule has 2 saturated carbocycles. The minimum atomic E-state index is 0.198. The number of ether oxygens (including phenoxy) is 1. The van der Waals surface area contributed by atoms with Gasteiger partial charge in [0.25, 0.3) is 0 Å². The second-order valence-corrected chi connectivity index (χ2v) is 4.37. The number of hydrogen-bond acceptors (Lipinski definition) is 2. The largest absolute Gasteiger partial charge is 0.377 e. The topological polar surface area (TPSA) is 26.3 Å². The average molecular weight is 182 g/mol. The minimum absolute atomic E-state index is 0.198. The van der Waals surface area contributed by atoms with Crippen LogP contribution >= 0.6 is 0 Å². The average Bonchev–Trinajstić information content (AvgIpc) is 2.83. The van der Waals surface area contributed by atoms with E-state index >= 15 is 0 Å². The third kappa shape index (κ3) is 1.64. The second kappa shape index (κ2) is 3.41. The van der Waals surface area contributed by atoms with Crippen LogP contribution in [-0.2, 0) is 9.53 Å². The molecule has 2 heteroatoms. The molecular formula is C11H18O2. The van der Waals surface area contributed by atoms with Crippen LogP contribution in [0.4, 0.5) is 0 Å². The quantitative estimate of drug-likeness (QED) is 0.667. The number of Topliss-reactive ketones (excluding diaryl/α,β-unsaturated/α-hetero) is 1. The van der Waals surface area contributed by atoms with Crippen molar-refractivity contribution in [1.82, 2.24) is 0 Å². The van der Waals surface area contributed by atoms with Crippen LogP contribution < -0.4 is 0 Å². The van der Waals surface area contributed by atoms with E-state index in [4.69, 9.17) is 4.74 Å². The smallest absolute Gasteiger partial charge is 0.135 e. The van der Waals surface area contributed by atoms with Crippen molar-refractivity contribution < 1.29 is 9.53 Å². The molecule has 2 aliphatic rings. The molecule has 74 valence electrons. The highest BCUT2D eigenvalue weighted by Crippen LogP contribution is 2.52. The highest BCUT2D eigenvalue weighted by atomic mass is 16.5. The summed E-state index contributed by atoms with van der Waals surface area (Å²) in [7, 11) is 0. The molecular weight excluding hydrogens is 164 g/mol. The van der Waals surface area contributed by atoms with Gasteiger partial charge in [0.2, 0.25) is 0 Å². The van der Waals surface area contributed by atoms with Crippen molar-refractivity contribution in [3.8, 4) is 0 Å². The van der Waals surface area contributed by atoms with E-state index in [1.165, 1.54) is 12.8 Å². The monoisotopic (exact) mass is 182 g/mol. The molecule has 2 aliphatic carbocycles. The lowest BCUT2D eigenvalue weighted by Crippen LogP contribution is -2.34. The van der Waals surface area contributed by atoms with Crippen molar-refractivity contribution >= 4 is 5.78 Å². The van der Waals surface area contributed by atoms with E-state index in [1.54, 1.807) is 6.92 Å². The highest BCUT2D eigenvalue weighted by molar-refractivity contribution is 5.79. The number of carbonyl (C=O) groups is 1. The number of fused-ring (bicyclic) bond motifs is 1. The molecule has 4 atom stereocenters. The van der Waals surface area contributed by atoms with Crippen molar-refractivity contribution in [1.29, 1.82) is 0 Å². The molecule has 0 saturated heterocycles. The molecule has 0 amide bonds. The molecule has 0 bridgehead atoms. The van der Waals surface area contributed by atoms with E-state index in [9.17, 15) is 4.79 Å². The zero-order valence-electron chi connectivity index (χ0n) is 8.45. The molecule has 0 aliphatic heterocycles. The molecule has 0 aromatic carbocycles. The van der Waals surface area contributed by atoms with Crippen molar-refractivity contribution in [3.05, 3.63) is 0 Å². The molecule has 0 aromatic rings. The van der Waals surface area contributed by atoms with Gasteiger partial charge in [0.05, 0.1) is 6.10 Å². The van der Waals surface area contributed by atoms with Gasteiger partial charge in [0.15, 0.2) is 0 Å². The summed E-state index contributed by atoms with van der Waals surface area (Å²) in [5.74, 6) is 2.11. The van der Waals surface area contributed by atoms with Crippen LogP contribution in [0.25, 0.3) is 0 Å². The summed E-state index contributed by atoms with van der Waals surface area (Å²) in [5, 5.41) is 0. The molecule has 2 fully saturated rings. The normalized spacial score (nSPS) is 42.6. The van der Waals surface area contributed by atoms with Gasteiger partial charge in [-0.05, 0) is 44.9 Å². The Kier molecular flexibility index (Phi) is 2.41. The summed E-state index contributed by atoms with van der Waals surface area (Å²) in [4.78, 5) is 11.4. The van der Waals surface area contributed by atoms with Crippen molar-refractivity contribution in [2.75, 3.05) is 6.61 Å². The van der Waals surface area contributed by atoms with Crippen LogP contribution in [0, 0.1) is 17.8 Å². The summed E-state index contributed by atoms with van der Waals surface area (Å²) < 4.78 is 5.69. The number of ketones is 1. The van der Waals surface area contributed by atoms with Gasteiger partial charge in [-0.2, -0.15) is 0 Å². The first kappa shape index (κ1) is 9.20. The standard InChI is InChI=1S/C11H18O2/c1-3-13-11-9(7(2)12)5-4-8-6-10(8)11/h8-11H,3-6H2,1-2H3/t8?,9-,10?,11-/m0/s1. The molecule has 0 spiro atoms. The fraction of sp³-hybridized carbons (Fsp3) is 0.909. The van der Waals surface area contributed by atoms with Gasteiger partial charge in [0.1, 0.15) is 5.78 Å². The van der Waals surface area contributed by atoms with Crippen molar-refractivity contribution in [3.63, 3.8) is 0 Å². The number of rotatable bonds is 3. The minimum Gasteiger partial charge on any atom is -0.377 e. The predicted octanol–water partition coefficient (Wildman–Crippen LogP) is 2.03. The van der Waals surface area contributed by atoms with Crippen LogP contribution in [0.2, 0.25) is 0 Å². The van der Waals surface area contributed by atoms with Gasteiger partial charge in [-0.3, -0.25) is 4.79 Å². The summed E-state index contributed by atoms with van der Waals surface area (Å²) >= 11 is 0. The van der Waals surface area contributed by atoms with Crippen LogP contribution in [0.1, 0.15) is 33.1 Å². The Balaban J connectivity index is 2.02. The molecule has 2 nitrogen and oxygen atoms in total. The van der Waals surface area contributed by atoms with E-state index in [-0.39, 0.29) is 12.0 Å². The first-order valence-corrected chi connectivity index (χ1v) is 5.36. The van der Waals surface area contributed by atoms with Gasteiger partial charge in [0, 0.05) is 12.5 Å². The third-order valence-corrected chi connectivity index (χ3v) is 3.53. The van der Waals surface area contributed by atoms with Crippen molar-refractivity contribution in [2.45, 2.75) is 39.2 Å². The number of hydrogen-bond donors (Lipinski definition) is 0. The molecule has 13 heavy (non-hydrogen) atoms. The fourth-order valence-corrected chi connectivity index (χ4v) is 2.73. The SMILES string of the molecule is CCO[C@@H]1C2CC2CC[C@H]1C(C)=O. The lowest BCUT2D eigenvalue weighted by Gasteiger charge is -2.29. The Labute approximate surface area is 79.7 Å². The number of carbonyl (C=O) groups excluding carboxylic acids is 1. The predicted molar refractivity (Wildman–Crippen MR) is 50.4 cm³/mol. The van der Waals surface area contributed by atoms with E-state index in [0.717, 1.165) is 18.9 Å². The zero-order valence-corrected chi connectivity index (χ0v) is 8.45. The van der Waals surface area contributed by atoms with Gasteiger partial charge in [-0.1, -0.05) is 0 Å². The van der Waals surface area contributed by atoms with Gasteiger partial charge in [-0.15, -0.1) is 0 Å². The highest BCUT2D eigenvalue weighted by Gasteiger charge is 2.50. The van der Waals surface area contributed by atoms with E-state index in [0.29, 0.717) is 11.7 Å². The maximum atomic E-state index is 11.4.